The quantitative estimate of drug-likeness (QED) is 0.671. The lowest BCUT2D eigenvalue weighted by Gasteiger charge is -2.32. The lowest BCUT2D eigenvalue weighted by atomic mass is 9.72. The summed E-state index contributed by atoms with van der Waals surface area (Å²) in [5.74, 6) is 0.765. The molecule has 0 aliphatic heterocycles. The van der Waals surface area contributed by atoms with Crippen LogP contribution < -0.4 is 0 Å². The highest BCUT2D eigenvalue weighted by Crippen LogP contribution is 2.40. The van der Waals surface area contributed by atoms with Gasteiger partial charge in [0.15, 0.2) is 5.12 Å². The monoisotopic (exact) mass is 314 g/mol. The summed E-state index contributed by atoms with van der Waals surface area (Å²) in [4.78, 5) is 12.0. The van der Waals surface area contributed by atoms with E-state index in [4.69, 9.17) is 0 Å². The molecule has 22 heavy (non-hydrogen) atoms. The molecule has 0 spiro atoms. The van der Waals surface area contributed by atoms with Gasteiger partial charge in [0, 0.05) is 12.2 Å². The molecule has 0 radical (unpaired) electrons. The van der Waals surface area contributed by atoms with Crippen molar-refractivity contribution in [3.8, 4) is 0 Å². The van der Waals surface area contributed by atoms with Crippen LogP contribution in [0.4, 0.5) is 0 Å². The van der Waals surface area contributed by atoms with Crippen molar-refractivity contribution >= 4 is 16.9 Å². The molecule has 118 valence electrons. The van der Waals surface area contributed by atoms with Crippen LogP contribution in [-0.2, 0) is 10.5 Å². The third-order valence-electron chi connectivity index (χ3n) is 4.35. The minimum absolute atomic E-state index is 0.243. The number of carbonyl (C=O) groups is 1. The van der Waals surface area contributed by atoms with Crippen LogP contribution in [0.3, 0.4) is 0 Å². The summed E-state index contributed by atoms with van der Waals surface area (Å²) in [6, 6.07) is 10.2. The van der Waals surface area contributed by atoms with E-state index in [0.717, 1.165) is 5.75 Å². The molecule has 1 aliphatic carbocycles. The first-order chi connectivity index (χ1) is 10.5. The molecular weight excluding hydrogens is 288 g/mol. The molecule has 0 unspecified atom stereocenters. The Bertz CT molecular complexity index is 567. The summed E-state index contributed by atoms with van der Waals surface area (Å²) in [5, 5.41) is 0.243. The Balaban J connectivity index is 1.85. The van der Waals surface area contributed by atoms with Gasteiger partial charge in [-0.1, -0.05) is 73.7 Å². The van der Waals surface area contributed by atoms with E-state index in [9.17, 15) is 4.79 Å². The number of allylic oxidation sites excluding steroid dienone is 4. The molecule has 0 bridgehead atoms. The van der Waals surface area contributed by atoms with Gasteiger partial charge in [0.1, 0.15) is 0 Å². The highest BCUT2D eigenvalue weighted by Gasteiger charge is 2.26. The van der Waals surface area contributed by atoms with Crippen LogP contribution in [0.5, 0.6) is 0 Å². The number of benzene rings is 1. The van der Waals surface area contributed by atoms with Gasteiger partial charge in [-0.05, 0) is 42.7 Å². The van der Waals surface area contributed by atoms with Crippen molar-refractivity contribution in [2.45, 2.75) is 52.2 Å². The van der Waals surface area contributed by atoms with Crippen molar-refractivity contribution in [1.29, 1.82) is 0 Å². The first-order valence-corrected chi connectivity index (χ1v) is 9.04. The number of carbonyl (C=O) groups excluding carboxylic acids is 1. The molecular formula is C20H26OS. The molecule has 2 rings (SSSR count). The van der Waals surface area contributed by atoms with Crippen molar-refractivity contribution in [2.24, 2.45) is 5.41 Å². The number of hydrogen-bond donors (Lipinski definition) is 0. The van der Waals surface area contributed by atoms with Crippen molar-refractivity contribution in [2.75, 3.05) is 0 Å². The lowest BCUT2D eigenvalue weighted by molar-refractivity contribution is -0.110. The topological polar surface area (TPSA) is 17.1 Å². The lowest BCUT2D eigenvalue weighted by Crippen LogP contribution is -2.19. The summed E-state index contributed by atoms with van der Waals surface area (Å²) in [5.41, 5.74) is 4.37. The van der Waals surface area contributed by atoms with Crippen LogP contribution in [0.15, 0.2) is 53.6 Å². The third kappa shape index (κ3) is 4.88. The number of thioether (sulfide) groups is 1. The highest BCUT2D eigenvalue weighted by atomic mass is 32.2. The van der Waals surface area contributed by atoms with Crippen LogP contribution in [-0.4, -0.2) is 5.12 Å². The molecule has 0 saturated carbocycles. The molecule has 1 nitrogen and oxygen atoms in total. The Morgan fingerprint density at radius 3 is 2.68 bits per heavy atom. The van der Waals surface area contributed by atoms with Crippen LogP contribution in [0, 0.1) is 5.41 Å². The second kappa shape index (κ2) is 7.82. The van der Waals surface area contributed by atoms with Gasteiger partial charge < -0.3 is 0 Å². The minimum atomic E-state index is 0.243. The summed E-state index contributed by atoms with van der Waals surface area (Å²) in [7, 11) is 0. The molecule has 0 aromatic heterocycles. The zero-order chi connectivity index (χ0) is 16.0. The summed E-state index contributed by atoms with van der Waals surface area (Å²) >= 11 is 1.41. The Morgan fingerprint density at radius 2 is 2.00 bits per heavy atom. The fraction of sp³-hybridized carbons (Fsp3) is 0.450. The second-order valence-corrected chi connectivity index (χ2v) is 7.72. The average Bonchev–Trinajstić information content (AvgIpc) is 2.49. The highest BCUT2D eigenvalue weighted by molar-refractivity contribution is 8.12. The molecule has 0 N–H and O–H groups in total. The second-order valence-electron chi connectivity index (χ2n) is 6.68. The van der Waals surface area contributed by atoms with E-state index >= 15 is 0 Å². The van der Waals surface area contributed by atoms with Crippen molar-refractivity contribution < 1.29 is 4.79 Å². The van der Waals surface area contributed by atoms with Gasteiger partial charge in [-0.15, -0.1) is 0 Å². The smallest absolute Gasteiger partial charge is 0.193 e. The fourth-order valence-electron chi connectivity index (χ4n) is 3.08. The maximum atomic E-state index is 12.0. The summed E-state index contributed by atoms with van der Waals surface area (Å²) in [6.45, 7) is 6.84. The Kier molecular flexibility index (Phi) is 6.07. The van der Waals surface area contributed by atoms with Gasteiger partial charge in [0.05, 0.1) is 0 Å². The zero-order valence-electron chi connectivity index (χ0n) is 13.9. The van der Waals surface area contributed by atoms with Gasteiger partial charge in [-0.25, -0.2) is 0 Å². The Hall–Kier alpha value is -1.28. The molecule has 1 aliphatic rings. The van der Waals surface area contributed by atoms with Gasteiger partial charge in [-0.2, -0.15) is 0 Å². The molecule has 0 heterocycles. The van der Waals surface area contributed by atoms with Crippen molar-refractivity contribution in [3.63, 3.8) is 0 Å². The standard InChI is InChI=1S/C20H26OS/c1-16-9-8-14-20(2,3)18(16)12-7-13-19(21)22-15-17-10-5-4-6-11-17/h4-7,10-12H,8-9,13-15H2,1-3H3/b12-7+. The fourth-order valence-corrected chi connectivity index (χ4v) is 3.81. The Morgan fingerprint density at radius 1 is 1.27 bits per heavy atom. The molecule has 0 saturated heterocycles. The predicted molar refractivity (Wildman–Crippen MR) is 96.8 cm³/mol. The minimum Gasteiger partial charge on any atom is -0.287 e. The van der Waals surface area contributed by atoms with Gasteiger partial charge in [-0.3, -0.25) is 4.79 Å². The van der Waals surface area contributed by atoms with E-state index in [2.05, 4.69) is 39.0 Å². The first-order valence-electron chi connectivity index (χ1n) is 8.05. The van der Waals surface area contributed by atoms with Gasteiger partial charge in [0.25, 0.3) is 0 Å². The third-order valence-corrected chi connectivity index (χ3v) is 5.32. The van der Waals surface area contributed by atoms with E-state index in [1.165, 1.54) is 47.7 Å². The molecule has 0 fully saturated rings. The molecule has 2 heteroatoms. The van der Waals surface area contributed by atoms with E-state index < -0.39 is 0 Å². The van der Waals surface area contributed by atoms with Gasteiger partial charge >= 0.3 is 0 Å². The van der Waals surface area contributed by atoms with Gasteiger partial charge in [0.2, 0.25) is 0 Å². The van der Waals surface area contributed by atoms with Crippen LogP contribution in [0.25, 0.3) is 0 Å². The zero-order valence-corrected chi connectivity index (χ0v) is 14.7. The van der Waals surface area contributed by atoms with E-state index in [1.54, 1.807) is 0 Å². The molecule has 1 aromatic rings. The maximum Gasteiger partial charge on any atom is 0.193 e. The van der Waals surface area contributed by atoms with Crippen LogP contribution >= 0.6 is 11.8 Å². The summed E-state index contributed by atoms with van der Waals surface area (Å²) in [6.07, 6.45) is 8.47. The summed E-state index contributed by atoms with van der Waals surface area (Å²) < 4.78 is 0. The molecule has 1 aromatic carbocycles. The Labute approximate surface area is 138 Å². The largest absolute Gasteiger partial charge is 0.287 e. The number of rotatable bonds is 5. The maximum absolute atomic E-state index is 12.0. The predicted octanol–water partition coefficient (Wildman–Crippen LogP) is 5.92. The molecule has 0 amide bonds. The van der Waals surface area contributed by atoms with Crippen molar-refractivity contribution in [1.82, 2.24) is 0 Å². The number of hydrogen-bond acceptors (Lipinski definition) is 2. The van der Waals surface area contributed by atoms with E-state index in [0.29, 0.717) is 6.42 Å². The molecule has 0 atom stereocenters. The normalized spacial score (nSPS) is 18.0. The van der Waals surface area contributed by atoms with Crippen molar-refractivity contribution in [3.05, 3.63) is 59.2 Å². The first kappa shape index (κ1) is 17.1. The van der Waals surface area contributed by atoms with Crippen LogP contribution in [0.2, 0.25) is 0 Å². The average molecular weight is 314 g/mol. The van der Waals surface area contributed by atoms with E-state index in [-0.39, 0.29) is 10.5 Å². The van der Waals surface area contributed by atoms with Crippen LogP contribution in [0.1, 0.15) is 52.0 Å². The van der Waals surface area contributed by atoms with E-state index in [1.807, 2.05) is 24.3 Å². The SMILES string of the molecule is CC1=C(/C=C/CC(=O)SCc2ccccc2)C(C)(C)CCC1.